The van der Waals surface area contributed by atoms with Crippen molar-refractivity contribution in [1.29, 1.82) is 0 Å². The molecule has 2 rings (SSSR count). The smallest absolute Gasteiger partial charge is 0.217 e. The van der Waals surface area contributed by atoms with E-state index < -0.39 is 0 Å². The molecule has 0 radical (unpaired) electrons. The summed E-state index contributed by atoms with van der Waals surface area (Å²) < 4.78 is 7.65. The Hall–Kier alpha value is -0.990. The van der Waals surface area contributed by atoms with Crippen molar-refractivity contribution in [1.82, 2.24) is 9.55 Å². The fraction of sp³-hybridized carbons (Fsp3) is 0.667. The first-order valence-electron chi connectivity index (χ1n) is 4.47. The summed E-state index contributed by atoms with van der Waals surface area (Å²) in [6.45, 7) is 5.12. The number of hydrogen-bond donors (Lipinski definition) is 0. The number of imidazole rings is 1. The number of fused-ring (bicyclic) bond motifs is 1. The lowest BCUT2D eigenvalue weighted by Crippen LogP contribution is -2.12. The molecule has 1 aromatic heterocycles. The van der Waals surface area contributed by atoms with Crippen molar-refractivity contribution in [2.75, 3.05) is 6.61 Å². The van der Waals surface area contributed by atoms with Crippen molar-refractivity contribution in [3.8, 4) is 5.88 Å². The third kappa shape index (κ3) is 1.09. The largest absolute Gasteiger partial charge is 0.477 e. The second-order valence-electron chi connectivity index (χ2n) is 3.45. The van der Waals surface area contributed by atoms with Crippen LogP contribution in [0.25, 0.3) is 0 Å². The van der Waals surface area contributed by atoms with E-state index in [1.807, 2.05) is 6.33 Å². The molecule has 0 aliphatic carbocycles. The summed E-state index contributed by atoms with van der Waals surface area (Å²) in [4.78, 5) is 4.32. The molecule has 0 saturated carbocycles. The van der Waals surface area contributed by atoms with E-state index in [0.717, 1.165) is 31.0 Å². The summed E-state index contributed by atoms with van der Waals surface area (Å²) in [7, 11) is 0. The van der Waals surface area contributed by atoms with Gasteiger partial charge in [-0.3, -0.25) is 4.57 Å². The molecule has 0 N–H and O–H groups in total. The predicted octanol–water partition coefficient (Wildman–Crippen LogP) is 1.79. The van der Waals surface area contributed by atoms with Gasteiger partial charge in [0.15, 0.2) is 0 Å². The Morgan fingerprint density at radius 1 is 1.58 bits per heavy atom. The van der Waals surface area contributed by atoms with Gasteiger partial charge >= 0.3 is 0 Å². The minimum absolute atomic E-state index is 0.444. The molecule has 0 fully saturated rings. The third-order valence-electron chi connectivity index (χ3n) is 2.17. The highest BCUT2D eigenvalue weighted by Gasteiger charge is 2.17. The molecule has 0 aromatic carbocycles. The van der Waals surface area contributed by atoms with Gasteiger partial charge in [0.1, 0.15) is 5.69 Å². The van der Waals surface area contributed by atoms with Crippen molar-refractivity contribution < 1.29 is 4.74 Å². The normalized spacial score (nSPS) is 15.9. The standard InChI is InChI=1S/C9H14N2O/c1-7(2)11-6-10-8-4-3-5-12-9(8)11/h6-7H,3-5H2,1-2H3. The van der Waals surface area contributed by atoms with Crippen LogP contribution in [0.5, 0.6) is 5.88 Å². The molecule has 0 amide bonds. The zero-order chi connectivity index (χ0) is 8.55. The fourth-order valence-corrected chi connectivity index (χ4v) is 1.49. The van der Waals surface area contributed by atoms with Gasteiger partial charge in [0.2, 0.25) is 5.88 Å². The maximum absolute atomic E-state index is 5.56. The molecule has 1 aliphatic heterocycles. The van der Waals surface area contributed by atoms with E-state index >= 15 is 0 Å². The lowest BCUT2D eigenvalue weighted by Gasteiger charge is -2.17. The van der Waals surface area contributed by atoms with E-state index in [0.29, 0.717) is 6.04 Å². The first-order chi connectivity index (χ1) is 5.79. The molecule has 12 heavy (non-hydrogen) atoms. The van der Waals surface area contributed by atoms with Crippen molar-refractivity contribution >= 4 is 0 Å². The molecule has 0 spiro atoms. The van der Waals surface area contributed by atoms with E-state index in [9.17, 15) is 0 Å². The number of rotatable bonds is 1. The number of aryl methyl sites for hydroxylation is 1. The van der Waals surface area contributed by atoms with Gasteiger partial charge in [-0.25, -0.2) is 4.98 Å². The topological polar surface area (TPSA) is 27.1 Å². The van der Waals surface area contributed by atoms with Gasteiger partial charge in [-0.15, -0.1) is 0 Å². The summed E-state index contributed by atoms with van der Waals surface area (Å²) >= 11 is 0. The zero-order valence-electron chi connectivity index (χ0n) is 7.58. The molecule has 1 aliphatic rings. The van der Waals surface area contributed by atoms with E-state index in [1.54, 1.807) is 0 Å². The van der Waals surface area contributed by atoms with E-state index in [4.69, 9.17) is 4.74 Å². The quantitative estimate of drug-likeness (QED) is 0.636. The molecule has 0 unspecified atom stereocenters. The third-order valence-corrected chi connectivity index (χ3v) is 2.17. The number of ether oxygens (including phenoxy) is 1. The lowest BCUT2D eigenvalue weighted by atomic mass is 10.2. The van der Waals surface area contributed by atoms with Crippen LogP contribution in [0.3, 0.4) is 0 Å². The van der Waals surface area contributed by atoms with Gasteiger partial charge in [-0.2, -0.15) is 0 Å². The molecule has 3 nitrogen and oxygen atoms in total. The predicted molar refractivity (Wildman–Crippen MR) is 46.4 cm³/mol. The highest BCUT2D eigenvalue weighted by atomic mass is 16.5. The van der Waals surface area contributed by atoms with E-state index in [1.165, 1.54) is 0 Å². The van der Waals surface area contributed by atoms with Crippen LogP contribution in [0, 0.1) is 0 Å². The summed E-state index contributed by atoms with van der Waals surface area (Å²) in [5, 5.41) is 0. The molecule has 0 bridgehead atoms. The summed E-state index contributed by atoms with van der Waals surface area (Å²) in [5.41, 5.74) is 1.12. The maximum atomic E-state index is 5.56. The molecule has 3 heteroatoms. The molecular formula is C9H14N2O. The maximum Gasteiger partial charge on any atom is 0.217 e. The van der Waals surface area contributed by atoms with Crippen LogP contribution >= 0.6 is 0 Å². The van der Waals surface area contributed by atoms with Crippen LogP contribution in [0.1, 0.15) is 32.0 Å². The minimum atomic E-state index is 0.444. The van der Waals surface area contributed by atoms with Gasteiger partial charge in [-0.05, 0) is 26.7 Å². The minimum Gasteiger partial charge on any atom is -0.477 e. The SMILES string of the molecule is CC(C)n1cnc2c1OCCC2. The van der Waals surface area contributed by atoms with Crippen molar-refractivity contribution in [3.05, 3.63) is 12.0 Å². The highest BCUT2D eigenvalue weighted by Crippen LogP contribution is 2.26. The van der Waals surface area contributed by atoms with E-state index in [-0.39, 0.29) is 0 Å². The Kier molecular flexibility index (Phi) is 1.79. The lowest BCUT2D eigenvalue weighted by molar-refractivity contribution is 0.258. The number of hydrogen-bond acceptors (Lipinski definition) is 2. The van der Waals surface area contributed by atoms with Crippen LogP contribution in [-0.2, 0) is 6.42 Å². The van der Waals surface area contributed by atoms with Crippen molar-refractivity contribution in [2.45, 2.75) is 32.7 Å². The fourth-order valence-electron chi connectivity index (χ4n) is 1.49. The van der Waals surface area contributed by atoms with E-state index in [2.05, 4.69) is 23.4 Å². The van der Waals surface area contributed by atoms with Crippen LogP contribution < -0.4 is 4.74 Å². The van der Waals surface area contributed by atoms with Crippen LogP contribution in [0.4, 0.5) is 0 Å². The average Bonchev–Trinajstić information content (AvgIpc) is 2.47. The Labute approximate surface area is 72.4 Å². The monoisotopic (exact) mass is 166 g/mol. The molecule has 1 aromatic rings. The summed E-state index contributed by atoms with van der Waals surface area (Å²) in [5.74, 6) is 0.983. The van der Waals surface area contributed by atoms with Gasteiger partial charge < -0.3 is 4.74 Å². The molecular weight excluding hydrogens is 152 g/mol. The Morgan fingerprint density at radius 3 is 3.17 bits per heavy atom. The summed E-state index contributed by atoms with van der Waals surface area (Å²) in [6, 6.07) is 0.444. The Morgan fingerprint density at radius 2 is 2.42 bits per heavy atom. The van der Waals surface area contributed by atoms with Crippen LogP contribution in [-0.4, -0.2) is 16.2 Å². The van der Waals surface area contributed by atoms with Crippen LogP contribution in [0.2, 0.25) is 0 Å². The van der Waals surface area contributed by atoms with Gasteiger partial charge in [-0.1, -0.05) is 0 Å². The number of aromatic nitrogens is 2. The second kappa shape index (κ2) is 2.81. The Balaban J connectivity index is 2.38. The van der Waals surface area contributed by atoms with Crippen molar-refractivity contribution in [2.24, 2.45) is 0 Å². The highest BCUT2D eigenvalue weighted by molar-refractivity contribution is 5.22. The second-order valence-corrected chi connectivity index (χ2v) is 3.45. The molecule has 0 atom stereocenters. The Bertz CT molecular complexity index is 278. The molecule has 66 valence electrons. The molecule has 0 saturated heterocycles. The van der Waals surface area contributed by atoms with Gasteiger partial charge in [0.05, 0.1) is 12.9 Å². The average molecular weight is 166 g/mol. The number of nitrogens with zero attached hydrogens (tertiary/aromatic N) is 2. The van der Waals surface area contributed by atoms with Crippen LogP contribution in [0.15, 0.2) is 6.33 Å². The van der Waals surface area contributed by atoms with Crippen molar-refractivity contribution in [3.63, 3.8) is 0 Å². The summed E-state index contributed by atoms with van der Waals surface area (Å²) in [6.07, 6.45) is 4.04. The zero-order valence-corrected chi connectivity index (χ0v) is 7.58. The first-order valence-corrected chi connectivity index (χ1v) is 4.47. The van der Waals surface area contributed by atoms with Gasteiger partial charge in [0, 0.05) is 6.04 Å². The molecule has 2 heterocycles. The van der Waals surface area contributed by atoms with Gasteiger partial charge in [0.25, 0.3) is 0 Å². The first kappa shape index (κ1) is 7.65.